The molecule has 1 fully saturated rings. The van der Waals surface area contributed by atoms with Gasteiger partial charge >= 0.3 is 23.5 Å². The number of phosphoric acid groups is 3. The Hall–Kier alpha value is -2.81. The molecule has 1 aliphatic heterocycles. The molecule has 0 aliphatic carbocycles. The number of nitrogen functional groups attached to an aromatic ring is 2. The second kappa shape index (κ2) is 25.2. The molecule has 1 aliphatic rings. The lowest BCUT2D eigenvalue weighted by molar-refractivity contribution is 0.161. The summed E-state index contributed by atoms with van der Waals surface area (Å²) >= 11 is 0. The zero-order valence-corrected chi connectivity index (χ0v) is 29.0. The van der Waals surface area contributed by atoms with Gasteiger partial charge in [-0.15, -0.1) is 0 Å². The zero-order valence-electron chi connectivity index (χ0n) is 26.3. The maximum Gasteiger partial charge on any atom is 0.466 e. The standard InChI is InChI=1S/C25H35N5O2.3H3O4P.2H2O/c26-24(27)20-4-8-22(9-5-20)31-17-1-3-19-12-15-30(16-13-19)14-2-18-32-23-10-6-21(7-11-23)25(28)29;3*1-5(2,3)4;;/h4-11,19H,1-3,12-18H2,(H3,26,27)(H3,28,29);3*(H3,1,2,3,4);2*1H2. The first-order valence-corrected chi connectivity index (χ1v) is 18.4. The van der Waals surface area contributed by atoms with Gasteiger partial charge in [0.25, 0.3) is 0 Å². The van der Waals surface area contributed by atoms with Gasteiger partial charge < -0.3 is 80.8 Å². The fourth-order valence-electron chi connectivity index (χ4n) is 4.00. The highest BCUT2D eigenvalue weighted by molar-refractivity contribution is 7.45. The molecule has 1 heterocycles. The Morgan fingerprint density at radius 2 is 0.959 bits per heavy atom. The molecule has 0 atom stereocenters. The first-order chi connectivity index (χ1) is 21.5. The van der Waals surface area contributed by atoms with Crippen molar-refractivity contribution in [1.29, 1.82) is 10.8 Å². The van der Waals surface area contributed by atoms with Gasteiger partial charge in [0.15, 0.2) is 0 Å². The van der Waals surface area contributed by atoms with E-state index in [1.54, 1.807) is 0 Å². The van der Waals surface area contributed by atoms with Crippen LogP contribution in [0.5, 0.6) is 11.5 Å². The van der Waals surface area contributed by atoms with Gasteiger partial charge in [-0.05, 0) is 99.6 Å². The number of nitrogens with zero attached hydrogens (tertiary/aromatic N) is 1. The van der Waals surface area contributed by atoms with Crippen LogP contribution in [0, 0.1) is 16.7 Å². The van der Waals surface area contributed by atoms with E-state index in [-0.39, 0.29) is 22.6 Å². The third kappa shape index (κ3) is 34.8. The van der Waals surface area contributed by atoms with Crippen molar-refractivity contribution in [2.45, 2.75) is 32.1 Å². The molecule has 0 amide bonds. The van der Waals surface area contributed by atoms with E-state index in [1.165, 1.54) is 19.3 Å². The fourth-order valence-corrected chi connectivity index (χ4v) is 4.00. The Bertz CT molecular complexity index is 1200. The van der Waals surface area contributed by atoms with Crippen molar-refractivity contribution in [3.05, 3.63) is 59.7 Å². The zero-order chi connectivity index (χ0) is 36.3. The van der Waals surface area contributed by atoms with Crippen LogP contribution in [0.2, 0.25) is 0 Å². The highest BCUT2D eigenvalue weighted by atomic mass is 31.2. The molecule has 19 N–H and O–H groups in total. The van der Waals surface area contributed by atoms with Crippen molar-refractivity contribution in [2.75, 3.05) is 32.8 Å². The van der Waals surface area contributed by atoms with E-state index in [0.29, 0.717) is 6.61 Å². The van der Waals surface area contributed by atoms with Crippen molar-refractivity contribution >= 4 is 35.1 Å². The maximum atomic E-state index is 8.88. The van der Waals surface area contributed by atoms with Crippen LogP contribution >= 0.6 is 23.5 Å². The topological polar surface area (TPSA) is 418 Å². The summed E-state index contributed by atoms with van der Waals surface area (Å²) in [4.78, 5) is 67.2. The Morgan fingerprint density at radius 3 is 1.27 bits per heavy atom. The van der Waals surface area contributed by atoms with E-state index in [2.05, 4.69) is 4.90 Å². The molecule has 2 aromatic carbocycles. The van der Waals surface area contributed by atoms with Crippen LogP contribution in [0.3, 0.4) is 0 Å². The van der Waals surface area contributed by atoms with E-state index >= 15 is 0 Å². The number of rotatable bonds is 12. The summed E-state index contributed by atoms with van der Waals surface area (Å²) in [5, 5.41) is 14.8. The summed E-state index contributed by atoms with van der Waals surface area (Å²) in [5.74, 6) is 2.60. The molecule has 0 aromatic heterocycles. The molecule has 3 rings (SSSR count). The molecule has 0 radical (unpaired) electrons. The summed E-state index contributed by atoms with van der Waals surface area (Å²) in [5.41, 5.74) is 12.4. The molecular weight excluding hydrogens is 719 g/mol. The van der Waals surface area contributed by atoms with E-state index < -0.39 is 23.5 Å². The van der Waals surface area contributed by atoms with Crippen molar-refractivity contribution in [2.24, 2.45) is 17.4 Å². The van der Waals surface area contributed by atoms with Gasteiger partial charge in [0.2, 0.25) is 0 Å². The Kier molecular flexibility index (Phi) is 26.0. The van der Waals surface area contributed by atoms with E-state index in [9.17, 15) is 0 Å². The van der Waals surface area contributed by atoms with Gasteiger partial charge in [-0.2, -0.15) is 0 Å². The van der Waals surface area contributed by atoms with Crippen molar-refractivity contribution in [3.8, 4) is 11.5 Å². The van der Waals surface area contributed by atoms with Crippen LogP contribution < -0.4 is 20.9 Å². The molecule has 49 heavy (non-hydrogen) atoms. The number of nitrogens with one attached hydrogen (secondary N) is 2. The first kappa shape index (κ1) is 50.6. The normalized spacial score (nSPS) is 13.2. The number of ether oxygens (including phenoxy) is 2. The third-order valence-electron chi connectivity index (χ3n) is 5.95. The van der Waals surface area contributed by atoms with Crippen molar-refractivity contribution in [1.82, 2.24) is 4.90 Å². The molecule has 0 saturated carbocycles. The van der Waals surface area contributed by atoms with Crippen molar-refractivity contribution in [3.63, 3.8) is 0 Å². The molecule has 21 nitrogen and oxygen atoms in total. The van der Waals surface area contributed by atoms with E-state index in [0.717, 1.165) is 67.6 Å². The minimum Gasteiger partial charge on any atom is -0.494 e. The van der Waals surface area contributed by atoms with Gasteiger partial charge in [-0.3, -0.25) is 10.8 Å². The molecule has 24 heteroatoms. The average Bonchev–Trinajstić information content (AvgIpc) is 2.92. The summed E-state index contributed by atoms with van der Waals surface area (Å²) < 4.78 is 38.3. The maximum absolute atomic E-state index is 8.88. The van der Waals surface area contributed by atoms with Crippen LogP contribution in [0.1, 0.15) is 43.2 Å². The summed E-state index contributed by atoms with van der Waals surface area (Å²) in [6.07, 6.45) is 5.78. The molecule has 0 spiro atoms. The lowest BCUT2D eigenvalue weighted by Gasteiger charge is -2.32. The number of likely N-dealkylation sites (tertiary alicyclic amines) is 1. The Labute approximate surface area is 282 Å². The Morgan fingerprint density at radius 1 is 0.653 bits per heavy atom. The Balaban J connectivity index is -0.00000105. The van der Waals surface area contributed by atoms with E-state index in [4.69, 9.17) is 89.5 Å². The molecule has 1 saturated heterocycles. The molecule has 0 unspecified atom stereocenters. The molecule has 0 bridgehead atoms. The van der Waals surface area contributed by atoms with Crippen LogP contribution in [0.25, 0.3) is 0 Å². The van der Waals surface area contributed by atoms with Gasteiger partial charge in [0.1, 0.15) is 23.2 Å². The number of amidine groups is 2. The second-order valence-electron chi connectivity index (χ2n) is 9.89. The highest BCUT2D eigenvalue weighted by Gasteiger charge is 2.18. The van der Waals surface area contributed by atoms with Gasteiger partial charge in [0.05, 0.1) is 13.2 Å². The number of benzene rings is 2. The quantitative estimate of drug-likeness (QED) is 0.0542. The first-order valence-electron chi connectivity index (χ1n) is 13.7. The summed E-state index contributed by atoms with van der Waals surface area (Å²) in [6, 6.07) is 14.8. The predicted octanol–water partition coefficient (Wildman–Crippen LogP) is -0.840. The van der Waals surface area contributed by atoms with Crippen LogP contribution in [-0.2, 0) is 13.7 Å². The largest absolute Gasteiger partial charge is 0.494 e. The SMILES string of the molecule is N=C(N)c1ccc(OCCCC2CCN(CCCOc3ccc(C(=N)N)cc3)CC2)cc1.O.O.O=P(O)(O)O.O=P(O)(O)O.O=P(O)(O)O. The van der Waals surface area contributed by atoms with Crippen LogP contribution in [-0.4, -0.2) is 104 Å². The average molecular weight is 768 g/mol. The van der Waals surface area contributed by atoms with Crippen molar-refractivity contribution < 1.29 is 78.2 Å². The van der Waals surface area contributed by atoms with Gasteiger partial charge in [-0.1, -0.05) is 0 Å². The number of piperidine rings is 1. The van der Waals surface area contributed by atoms with Crippen LogP contribution in [0.15, 0.2) is 48.5 Å². The second-order valence-corrected chi connectivity index (χ2v) is 13.0. The smallest absolute Gasteiger partial charge is 0.466 e. The number of hydrogen-bond acceptors (Lipinski definition) is 8. The summed E-state index contributed by atoms with van der Waals surface area (Å²) in [6.45, 7) is 4.81. The number of hydrogen-bond donors (Lipinski definition) is 13. The minimum absolute atomic E-state index is 0. The molecule has 2 aromatic rings. The monoisotopic (exact) mass is 767 g/mol. The lowest BCUT2D eigenvalue weighted by Crippen LogP contribution is -2.35. The van der Waals surface area contributed by atoms with Crippen LogP contribution in [0.4, 0.5) is 0 Å². The molecule has 284 valence electrons. The molecular formula is C25H48N5O16P3. The van der Waals surface area contributed by atoms with Gasteiger partial charge in [0, 0.05) is 17.7 Å². The fraction of sp³-hybridized carbons (Fsp3) is 0.440. The lowest BCUT2D eigenvalue weighted by atomic mass is 9.92. The predicted molar refractivity (Wildman–Crippen MR) is 179 cm³/mol. The highest BCUT2D eigenvalue weighted by Crippen LogP contribution is 2.27. The minimum atomic E-state index is -4.64. The number of nitrogens with two attached hydrogens (primary N) is 2. The van der Waals surface area contributed by atoms with E-state index in [1.807, 2.05) is 48.5 Å². The third-order valence-corrected chi connectivity index (χ3v) is 5.95. The summed E-state index contributed by atoms with van der Waals surface area (Å²) in [7, 11) is -13.9. The van der Waals surface area contributed by atoms with Gasteiger partial charge in [-0.25, -0.2) is 13.7 Å².